The number of ether oxygens (including phenoxy) is 2. The van der Waals surface area contributed by atoms with Crippen molar-refractivity contribution in [2.75, 3.05) is 18.5 Å². The van der Waals surface area contributed by atoms with E-state index in [4.69, 9.17) is 14.6 Å². The molecule has 0 unspecified atom stereocenters. The summed E-state index contributed by atoms with van der Waals surface area (Å²) in [6.45, 7) is 0.175. The summed E-state index contributed by atoms with van der Waals surface area (Å²) in [6, 6.07) is 15.2. The zero-order valence-electron chi connectivity index (χ0n) is 17.3. The summed E-state index contributed by atoms with van der Waals surface area (Å²) in [6.07, 6.45) is 3.19. The molecule has 0 aliphatic heterocycles. The van der Waals surface area contributed by atoms with E-state index in [9.17, 15) is 14.0 Å². The molecule has 0 aromatic heterocycles. The van der Waals surface area contributed by atoms with Gasteiger partial charge < -0.3 is 14.6 Å². The maximum atomic E-state index is 13.8. The zero-order valence-corrected chi connectivity index (χ0v) is 17.3. The van der Waals surface area contributed by atoms with Crippen LogP contribution in [0.4, 0.5) is 14.9 Å². The predicted octanol–water partition coefficient (Wildman–Crippen LogP) is 5.41. The predicted molar refractivity (Wildman–Crippen MR) is 114 cm³/mol. The molecule has 0 spiro atoms. The molecule has 1 atom stereocenters. The van der Waals surface area contributed by atoms with E-state index in [0.29, 0.717) is 36.1 Å². The van der Waals surface area contributed by atoms with Crippen LogP contribution >= 0.6 is 0 Å². The van der Waals surface area contributed by atoms with Gasteiger partial charge in [-0.2, -0.15) is 0 Å². The second kappa shape index (κ2) is 11.5. The van der Waals surface area contributed by atoms with Gasteiger partial charge in [0.15, 0.2) is 0 Å². The lowest BCUT2D eigenvalue weighted by Gasteiger charge is -2.30. The molecule has 3 rings (SSSR count). The van der Waals surface area contributed by atoms with Crippen LogP contribution in [-0.4, -0.2) is 30.4 Å². The first-order chi connectivity index (χ1) is 15.0. The van der Waals surface area contributed by atoms with Gasteiger partial charge in [0.25, 0.3) is 0 Å². The summed E-state index contributed by atoms with van der Waals surface area (Å²) in [5, 5.41) is 11.4. The van der Waals surface area contributed by atoms with Crippen molar-refractivity contribution >= 4 is 17.7 Å². The van der Waals surface area contributed by atoms with Crippen molar-refractivity contribution in [3.63, 3.8) is 0 Å². The Morgan fingerprint density at radius 1 is 1.03 bits per heavy atom. The van der Waals surface area contributed by atoms with Crippen molar-refractivity contribution in [1.29, 1.82) is 0 Å². The molecule has 0 radical (unpaired) electrons. The van der Waals surface area contributed by atoms with Crippen LogP contribution in [-0.2, 0) is 14.3 Å². The highest BCUT2D eigenvalue weighted by Gasteiger charge is 2.27. The van der Waals surface area contributed by atoms with Crippen molar-refractivity contribution in [3.8, 4) is 0 Å². The molecular formula is C24H28FNO5. The summed E-state index contributed by atoms with van der Waals surface area (Å²) in [5.74, 6) is -0.662. The van der Waals surface area contributed by atoms with E-state index in [0.717, 1.165) is 25.7 Å². The molecule has 0 bridgehead atoms. The van der Waals surface area contributed by atoms with Crippen LogP contribution in [0.1, 0.15) is 43.8 Å². The number of carbonyl (C=O) groups excluding carboxylic acids is 1. The van der Waals surface area contributed by atoms with Crippen LogP contribution in [0, 0.1) is 17.7 Å². The number of anilines is 1. The molecule has 0 saturated heterocycles. The lowest BCUT2D eigenvalue weighted by molar-refractivity contribution is -0.142. The van der Waals surface area contributed by atoms with Gasteiger partial charge in [0.2, 0.25) is 0 Å². The van der Waals surface area contributed by atoms with Crippen molar-refractivity contribution in [1.82, 2.24) is 0 Å². The number of benzene rings is 2. The molecule has 1 aliphatic carbocycles. The number of halogens is 1. The van der Waals surface area contributed by atoms with Gasteiger partial charge in [-0.15, -0.1) is 0 Å². The van der Waals surface area contributed by atoms with Gasteiger partial charge in [0.1, 0.15) is 18.5 Å². The fourth-order valence-corrected chi connectivity index (χ4v) is 4.01. The highest BCUT2D eigenvalue weighted by atomic mass is 19.1. The Bertz CT molecular complexity index is 852. The van der Waals surface area contributed by atoms with E-state index in [1.807, 2.05) is 18.2 Å². The lowest BCUT2D eigenvalue weighted by atomic mass is 9.79. The Morgan fingerprint density at radius 2 is 1.74 bits per heavy atom. The highest BCUT2D eigenvalue weighted by molar-refractivity contribution is 5.84. The van der Waals surface area contributed by atoms with Crippen LogP contribution in [0.2, 0.25) is 0 Å². The Balaban J connectivity index is 1.57. The summed E-state index contributed by atoms with van der Waals surface area (Å²) < 4.78 is 24.7. The number of carboxylic acid groups (broad SMARTS) is 1. The number of carboxylic acids is 1. The second-order valence-corrected chi connectivity index (χ2v) is 7.97. The first-order valence-corrected chi connectivity index (χ1v) is 10.6. The first kappa shape index (κ1) is 22.7. The summed E-state index contributed by atoms with van der Waals surface area (Å²) in [4.78, 5) is 23.0. The Labute approximate surface area is 181 Å². The quantitative estimate of drug-likeness (QED) is 0.556. The Kier molecular flexibility index (Phi) is 8.41. The number of amides is 1. The maximum absolute atomic E-state index is 13.8. The van der Waals surface area contributed by atoms with E-state index in [-0.39, 0.29) is 12.4 Å². The van der Waals surface area contributed by atoms with E-state index in [2.05, 4.69) is 5.32 Å². The van der Waals surface area contributed by atoms with E-state index in [1.165, 1.54) is 12.1 Å². The maximum Gasteiger partial charge on any atom is 0.412 e. The first-order valence-electron chi connectivity index (χ1n) is 10.6. The van der Waals surface area contributed by atoms with Crippen molar-refractivity contribution in [2.24, 2.45) is 11.8 Å². The van der Waals surface area contributed by atoms with Crippen molar-refractivity contribution in [2.45, 2.75) is 38.2 Å². The number of nitrogens with one attached hydrogen (secondary N) is 1. The van der Waals surface area contributed by atoms with E-state index < -0.39 is 18.2 Å². The molecule has 1 amide bonds. The average Bonchev–Trinajstić information content (AvgIpc) is 2.75. The van der Waals surface area contributed by atoms with Gasteiger partial charge in [-0.05, 0) is 73.8 Å². The topological polar surface area (TPSA) is 84.9 Å². The molecule has 1 saturated carbocycles. The number of aliphatic carboxylic acids is 1. The minimum atomic E-state index is -0.961. The largest absolute Gasteiger partial charge is 0.480 e. The normalized spacial score (nSPS) is 19.4. The fourth-order valence-electron chi connectivity index (χ4n) is 4.01. The highest BCUT2D eigenvalue weighted by Crippen LogP contribution is 2.36. The minimum absolute atomic E-state index is 0.272. The monoisotopic (exact) mass is 429 g/mol. The van der Waals surface area contributed by atoms with Gasteiger partial charge >= 0.3 is 12.1 Å². The lowest BCUT2D eigenvalue weighted by Crippen LogP contribution is -2.24. The number of carbonyl (C=O) groups is 2. The third kappa shape index (κ3) is 7.68. The fraction of sp³-hybridized carbons (Fsp3) is 0.417. The molecule has 7 heteroatoms. The summed E-state index contributed by atoms with van der Waals surface area (Å²) >= 11 is 0. The van der Waals surface area contributed by atoms with E-state index in [1.54, 1.807) is 24.3 Å². The molecular weight excluding hydrogens is 401 g/mol. The molecule has 6 nitrogen and oxygen atoms in total. The minimum Gasteiger partial charge on any atom is -0.480 e. The standard InChI is InChI=1S/C24H28FNO5/c25-20-6-4-5-19(14-20)22(31-24(29)26-21-7-2-1-3-8-21)13-17-9-11-18(12-10-17)15-30-16-23(27)28/h1-8,14,17-18,22H,9-13,15-16H2,(H,26,29)(H,27,28)/t17?,18?,22-/m1/s1. The summed E-state index contributed by atoms with van der Waals surface area (Å²) in [7, 11) is 0. The van der Waals surface area contributed by atoms with Crippen molar-refractivity contribution < 1.29 is 28.6 Å². The Hall–Kier alpha value is -2.93. The SMILES string of the molecule is O=C(O)COCC1CCC(C[C@@H](OC(=O)Nc2ccccc2)c2cccc(F)c2)CC1. The number of rotatable bonds is 9. The number of para-hydroxylation sites is 1. The molecule has 166 valence electrons. The molecule has 2 N–H and O–H groups in total. The van der Waals surface area contributed by atoms with Crippen LogP contribution in [0.15, 0.2) is 54.6 Å². The van der Waals surface area contributed by atoms with E-state index >= 15 is 0 Å². The smallest absolute Gasteiger partial charge is 0.412 e. The third-order valence-corrected chi connectivity index (χ3v) is 5.58. The van der Waals surface area contributed by atoms with Gasteiger partial charge in [0, 0.05) is 5.69 Å². The summed E-state index contributed by atoms with van der Waals surface area (Å²) in [5.41, 5.74) is 1.27. The molecule has 1 fully saturated rings. The van der Waals surface area contributed by atoms with Gasteiger partial charge in [0.05, 0.1) is 6.61 Å². The molecule has 0 heterocycles. The van der Waals surface area contributed by atoms with Gasteiger partial charge in [-0.1, -0.05) is 30.3 Å². The van der Waals surface area contributed by atoms with Crippen LogP contribution in [0.5, 0.6) is 0 Å². The van der Waals surface area contributed by atoms with Crippen LogP contribution in [0.25, 0.3) is 0 Å². The second-order valence-electron chi connectivity index (χ2n) is 7.97. The molecule has 2 aromatic carbocycles. The van der Waals surface area contributed by atoms with Gasteiger partial charge in [-0.25, -0.2) is 14.0 Å². The van der Waals surface area contributed by atoms with Crippen molar-refractivity contribution in [3.05, 3.63) is 66.0 Å². The third-order valence-electron chi connectivity index (χ3n) is 5.58. The van der Waals surface area contributed by atoms with Crippen LogP contribution in [0.3, 0.4) is 0 Å². The molecule has 31 heavy (non-hydrogen) atoms. The molecule has 1 aliphatic rings. The molecule has 2 aromatic rings. The Morgan fingerprint density at radius 3 is 2.42 bits per heavy atom. The van der Waals surface area contributed by atoms with Crippen LogP contribution < -0.4 is 5.32 Å². The number of hydrogen-bond acceptors (Lipinski definition) is 4. The average molecular weight is 429 g/mol. The van der Waals surface area contributed by atoms with Gasteiger partial charge in [-0.3, -0.25) is 5.32 Å². The number of hydrogen-bond donors (Lipinski definition) is 2. The zero-order chi connectivity index (χ0) is 22.1.